The Labute approximate surface area is 140 Å². The molecule has 23 heavy (non-hydrogen) atoms. The zero-order valence-corrected chi connectivity index (χ0v) is 14.2. The first-order chi connectivity index (χ1) is 11.0. The monoisotopic (exact) mass is 350 g/mol. The van der Waals surface area contributed by atoms with E-state index in [1.807, 2.05) is 35.2 Å². The van der Waals surface area contributed by atoms with Crippen molar-refractivity contribution in [1.82, 2.24) is 4.90 Å². The number of hydrogen-bond donors (Lipinski definition) is 0. The molecule has 0 spiro atoms. The molecule has 1 aromatic rings. The molecule has 2 fully saturated rings. The molecule has 2 aliphatic rings. The molecule has 0 bridgehead atoms. The Morgan fingerprint density at radius 3 is 2.78 bits per heavy atom. The Balaban J connectivity index is 1.76. The van der Waals surface area contributed by atoms with Gasteiger partial charge in [0.1, 0.15) is 0 Å². The number of nitrogens with zero attached hydrogens (tertiary/aromatic N) is 2. The summed E-state index contributed by atoms with van der Waals surface area (Å²) in [4.78, 5) is 18.3. The summed E-state index contributed by atoms with van der Waals surface area (Å²) in [6.45, 7) is 4.22. The zero-order chi connectivity index (χ0) is 16.4. The Morgan fingerprint density at radius 1 is 1.35 bits per heavy atom. The summed E-state index contributed by atoms with van der Waals surface area (Å²) < 4.78 is 23.6. The van der Waals surface area contributed by atoms with Gasteiger partial charge in [-0.15, -0.1) is 6.58 Å². The summed E-state index contributed by atoms with van der Waals surface area (Å²) >= 11 is 1.40. The van der Waals surface area contributed by atoms with Crippen LogP contribution in [0, 0.1) is 0 Å². The average Bonchev–Trinajstić information content (AvgIpc) is 2.93. The lowest BCUT2D eigenvalue weighted by Gasteiger charge is -2.22. The van der Waals surface area contributed by atoms with Gasteiger partial charge in [-0.25, -0.2) is 8.42 Å². The third-order valence-electron chi connectivity index (χ3n) is 3.92. The SMILES string of the molecule is C=CCN1C(=NC(=O)Cc2ccccc2)SC2CS(=O)(=O)CC21. The maximum absolute atomic E-state index is 12.2. The lowest BCUT2D eigenvalue weighted by molar-refractivity contribution is -0.117. The van der Waals surface area contributed by atoms with E-state index in [2.05, 4.69) is 11.6 Å². The number of sulfone groups is 1. The van der Waals surface area contributed by atoms with Crippen LogP contribution < -0.4 is 0 Å². The van der Waals surface area contributed by atoms with Gasteiger partial charge in [0.25, 0.3) is 5.91 Å². The third kappa shape index (κ3) is 3.67. The molecule has 2 heterocycles. The van der Waals surface area contributed by atoms with E-state index in [1.54, 1.807) is 6.08 Å². The first kappa shape index (κ1) is 16.3. The molecule has 0 aromatic heterocycles. The van der Waals surface area contributed by atoms with Gasteiger partial charge >= 0.3 is 0 Å². The van der Waals surface area contributed by atoms with Crippen LogP contribution in [0.1, 0.15) is 5.56 Å². The van der Waals surface area contributed by atoms with Gasteiger partial charge in [0.15, 0.2) is 15.0 Å². The molecular weight excluding hydrogens is 332 g/mol. The number of benzene rings is 1. The van der Waals surface area contributed by atoms with Crippen LogP contribution in [-0.4, -0.2) is 53.7 Å². The van der Waals surface area contributed by atoms with Gasteiger partial charge < -0.3 is 4.90 Å². The summed E-state index contributed by atoms with van der Waals surface area (Å²) in [5.41, 5.74) is 0.919. The third-order valence-corrected chi connectivity index (χ3v) is 7.17. The zero-order valence-electron chi connectivity index (χ0n) is 12.6. The minimum absolute atomic E-state index is 0.0387. The predicted octanol–water partition coefficient (Wildman–Crippen LogP) is 1.51. The second kappa shape index (κ2) is 6.49. The summed E-state index contributed by atoms with van der Waals surface area (Å²) in [6, 6.07) is 9.36. The molecule has 2 saturated heterocycles. The maximum atomic E-state index is 12.2. The van der Waals surface area contributed by atoms with E-state index >= 15 is 0 Å². The van der Waals surface area contributed by atoms with Crippen molar-refractivity contribution in [3.05, 3.63) is 48.6 Å². The van der Waals surface area contributed by atoms with Crippen molar-refractivity contribution in [3.8, 4) is 0 Å². The van der Waals surface area contributed by atoms with Gasteiger partial charge in [0.05, 0.1) is 24.0 Å². The number of thioether (sulfide) groups is 1. The van der Waals surface area contributed by atoms with Gasteiger partial charge in [-0.3, -0.25) is 4.79 Å². The van der Waals surface area contributed by atoms with Gasteiger partial charge in [0.2, 0.25) is 0 Å². The average molecular weight is 350 g/mol. The van der Waals surface area contributed by atoms with E-state index in [0.717, 1.165) is 5.56 Å². The van der Waals surface area contributed by atoms with Crippen LogP contribution in [0.5, 0.6) is 0 Å². The summed E-state index contributed by atoms with van der Waals surface area (Å²) in [7, 11) is -2.99. The van der Waals surface area contributed by atoms with Gasteiger partial charge in [-0.05, 0) is 5.56 Å². The van der Waals surface area contributed by atoms with Crippen LogP contribution in [0.3, 0.4) is 0 Å². The van der Waals surface area contributed by atoms with Crippen molar-refractivity contribution < 1.29 is 13.2 Å². The second-order valence-electron chi connectivity index (χ2n) is 5.69. The highest BCUT2D eigenvalue weighted by atomic mass is 32.2. The van der Waals surface area contributed by atoms with Crippen molar-refractivity contribution in [1.29, 1.82) is 0 Å². The van der Waals surface area contributed by atoms with Gasteiger partial charge in [-0.2, -0.15) is 4.99 Å². The number of carbonyl (C=O) groups excluding carboxylic acids is 1. The molecule has 2 atom stereocenters. The highest BCUT2D eigenvalue weighted by molar-refractivity contribution is 8.15. The van der Waals surface area contributed by atoms with E-state index in [1.165, 1.54) is 11.8 Å². The quantitative estimate of drug-likeness (QED) is 0.770. The van der Waals surface area contributed by atoms with Gasteiger partial charge in [-0.1, -0.05) is 48.2 Å². The summed E-state index contributed by atoms with van der Waals surface area (Å²) in [5.74, 6) is 0.0716. The Morgan fingerprint density at radius 2 is 2.09 bits per heavy atom. The number of amidine groups is 1. The molecule has 1 aromatic carbocycles. The van der Waals surface area contributed by atoms with Crippen molar-refractivity contribution in [2.75, 3.05) is 18.1 Å². The minimum Gasteiger partial charge on any atom is -0.342 e. The molecular formula is C16H18N2O3S2. The second-order valence-corrected chi connectivity index (χ2v) is 9.05. The lowest BCUT2D eigenvalue weighted by Crippen LogP contribution is -2.37. The van der Waals surface area contributed by atoms with E-state index in [-0.39, 0.29) is 35.1 Å². The number of hydrogen-bond acceptors (Lipinski definition) is 4. The molecule has 0 aliphatic carbocycles. The molecule has 0 saturated carbocycles. The first-order valence-corrected chi connectivity index (χ1v) is 10.1. The van der Waals surface area contributed by atoms with E-state index in [0.29, 0.717) is 11.7 Å². The largest absolute Gasteiger partial charge is 0.342 e. The van der Waals surface area contributed by atoms with Crippen LogP contribution >= 0.6 is 11.8 Å². The molecule has 0 radical (unpaired) electrons. The van der Waals surface area contributed by atoms with E-state index in [9.17, 15) is 13.2 Å². The highest BCUT2D eigenvalue weighted by Gasteiger charge is 2.48. The molecule has 3 rings (SSSR count). The molecule has 1 amide bonds. The molecule has 7 heteroatoms. The Kier molecular flexibility index (Phi) is 4.59. The van der Waals surface area contributed by atoms with Crippen LogP contribution in [0.4, 0.5) is 0 Å². The molecule has 2 unspecified atom stereocenters. The minimum atomic E-state index is -2.99. The lowest BCUT2D eigenvalue weighted by atomic mass is 10.1. The standard InChI is InChI=1S/C16H18N2O3S2/c1-2-8-18-13-10-23(20,21)11-14(13)22-16(18)17-15(19)9-12-6-4-3-5-7-12/h2-7,13-14H,1,8-11H2. The molecule has 0 N–H and O–H groups in total. The molecule has 2 aliphatic heterocycles. The normalized spacial score (nSPS) is 27.1. The Bertz CT molecular complexity index is 744. The topological polar surface area (TPSA) is 66.8 Å². The highest BCUT2D eigenvalue weighted by Crippen LogP contribution is 2.37. The fourth-order valence-corrected chi connectivity index (χ4v) is 6.88. The number of rotatable bonds is 4. The summed E-state index contributed by atoms with van der Waals surface area (Å²) in [6.07, 6.45) is 1.96. The smallest absolute Gasteiger partial charge is 0.252 e. The van der Waals surface area contributed by atoms with Crippen molar-refractivity contribution in [2.24, 2.45) is 4.99 Å². The number of carbonyl (C=O) groups is 1. The van der Waals surface area contributed by atoms with Crippen LogP contribution in [0.25, 0.3) is 0 Å². The first-order valence-electron chi connectivity index (χ1n) is 7.38. The molecule has 122 valence electrons. The van der Waals surface area contributed by atoms with Gasteiger partial charge in [0, 0.05) is 11.8 Å². The van der Waals surface area contributed by atoms with E-state index in [4.69, 9.17) is 0 Å². The number of aliphatic imine (C=N–C) groups is 1. The van der Waals surface area contributed by atoms with Crippen LogP contribution in [-0.2, 0) is 21.1 Å². The Hall–Kier alpha value is -1.60. The fourth-order valence-electron chi connectivity index (χ4n) is 2.90. The summed E-state index contributed by atoms with van der Waals surface area (Å²) in [5, 5.41) is 0.582. The predicted molar refractivity (Wildman–Crippen MR) is 93.3 cm³/mol. The van der Waals surface area contributed by atoms with Crippen LogP contribution in [0.2, 0.25) is 0 Å². The van der Waals surface area contributed by atoms with E-state index < -0.39 is 9.84 Å². The van der Waals surface area contributed by atoms with Crippen molar-refractivity contribution in [3.63, 3.8) is 0 Å². The van der Waals surface area contributed by atoms with Crippen LogP contribution in [0.15, 0.2) is 48.0 Å². The number of fused-ring (bicyclic) bond motifs is 1. The number of amides is 1. The van der Waals surface area contributed by atoms with Crippen molar-refractivity contribution in [2.45, 2.75) is 17.7 Å². The fraction of sp³-hybridized carbons (Fsp3) is 0.375. The maximum Gasteiger partial charge on any atom is 0.252 e. The van der Waals surface area contributed by atoms with Crippen molar-refractivity contribution >= 4 is 32.7 Å². The molecule has 5 nitrogen and oxygen atoms in total.